The van der Waals surface area contributed by atoms with E-state index in [1.165, 1.54) is 31.9 Å². The predicted molar refractivity (Wildman–Crippen MR) is 115 cm³/mol. The molecule has 1 aromatic carbocycles. The van der Waals surface area contributed by atoms with Crippen LogP contribution in [0.3, 0.4) is 0 Å². The quantitative estimate of drug-likeness (QED) is 0.459. The molecule has 28 heavy (non-hydrogen) atoms. The molecule has 1 saturated carbocycles. The highest BCUT2D eigenvalue weighted by atomic mass is 32.2. The Hall–Kier alpha value is -1.60. The van der Waals surface area contributed by atoms with Crippen molar-refractivity contribution in [3.63, 3.8) is 0 Å². The Balaban J connectivity index is 1.72. The molecule has 158 valence electrons. The van der Waals surface area contributed by atoms with E-state index in [0.29, 0.717) is 16.9 Å². The van der Waals surface area contributed by atoms with Crippen LogP contribution >= 0.6 is 0 Å². The molecule has 1 atom stereocenters. The average Bonchev–Trinajstić information content (AvgIpc) is 3.20. The molecule has 0 saturated heterocycles. The molecule has 1 aromatic rings. The Morgan fingerprint density at radius 2 is 1.82 bits per heavy atom. The number of hydrogen-bond acceptors (Lipinski definition) is 4. The van der Waals surface area contributed by atoms with Crippen LogP contribution in [0.15, 0.2) is 34.2 Å². The van der Waals surface area contributed by atoms with Crippen molar-refractivity contribution in [2.24, 2.45) is 10.9 Å². The third-order valence-corrected chi connectivity index (χ3v) is 6.44. The summed E-state index contributed by atoms with van der Waals surface area (Å²) in [6, 6.07) is 7.05. The van der Waals surface area contributed by atoms with Crippen LogP contribution in [0.4, 0.5) is 0 Å². The second kappa shape index (κ2) is 11.4. The lowest BCUT2D eigenvalue weighted by Gasteiger charge is -2.24. The maximum atomic E-state index is 11.5. The van der Waals surface area contributed by atoms with Crippen molar-refractivity contribution in [3.8, 4) is 0 Å². The van der Waals surface area contributed by atoms with Crippen LogP contribution in [0.25, 0.3) is 0 Å². The zero-order valence-electron chi connectivity index (χ0n) is 17.4. The smallest absolute Gasteiger partial charge is 0.190 e. The minimum absolute atomic E-state index is 0.339. The first-order chi connectivity index (χ1) is 13.4. The molecule has 1 fully saturated rings. The van der Waals surface area contributed by atoms with Crippen LogP contribution in [-0.2, 0) is 21.0 Å². The fraction of sp³-hybridized carbons (Fsp3) is 0.667. The monoisotopic (exact) mass is 409 g/mol. The van der Waals surface area contributed by atoms with E-state index in [9.17, 15) is 8.42 Å². The van der Waals surface area contributed by atoms with Gasteiger partial charge in [-0.2, -0.15) is 0 Å². The zero-order chi connectivity index (χ0) is 20.4. The molecule has 0 spiro atoms. The highest BCUT2D eigenvalue weighted by Gasteiger charge is 2.25. The van der Waals surface area contributed by atoms with Gasteiger partial charge in [-0.1, -0.05) is 25.0 Å². The van der Waals surface area contributed by atoms with Gasteiger partial charge in [0.2, 0.25) is 0 Å². The van der Waals surface area contributed by atoms with Gasteiger partial charge in [-0.25, -0.2) is 8.42 Å². The molecule has 2 N–H and O–H groups in total. The van der Waals surface area contributed by atoms with E-state index in [2.05, 4.69) is 22.5 Å². The molecule has 7 heteroatoms. The highest BCUT2D eigenvalue weighted by Crippen LogP contribution is 2.30. The standard InChI is InChI=1S/C21H35N3O3S/c1-4-27-20(18-7-5-6-8-18)14-16-24-21(22-2)23-15-13-17-9-11-19(12-10-17)28(3,25)26/h9-12,18,20H,4-8,13-16H2,1-3H3,(H2,22,23,24). The number of sulfone groups is 1. The summed E-state index contributed by atoms with van der Waals surface area (Å²) in [4.78, 5) is 4.63. The van der Waals surface area contributed by atoms with Crippen LogP contribution in [0.5, 0.6) is 0 Å². The van der Waals surface area contributed by atoms with E-state index >= 15 is 0 Å². The first kappa shape index (κ1) is 22.7. The molecule has 2 rings (SSSR count). The van der Waals surface area contributed by atoms with Gasteiger partial charge in [0.1, 0.15) is 0 Å². The third-order valence-electron chi connectivity index (χ3n) is 5.31. The van der Waals surface area contributed by atoms with Crippen molar-refractivity contribution < 1.29 is 13.2 Å². The normalized spacial score (nSPS) is 16.9. The van der Waals surface area contributed by atoms with Crippen LogP contribution in [0.2, 0.25) is 0 Å². The molecular weight excluding hydrogens is 374 g/mol. The van der Waals surface area contributed by atoms with Crippen molar-refractivity contribution in [3.05, 3.63) is 29.8 Å². The number of nitrogens with one attached hydrogen (secondary N) is 2. The first-order valence-electron chi connectivity index (χ1n) is 10.3. The largest absolute Gasteiger partial charge is 0.378 e. The second-order valence-electron chi connectivity index (χ2n) is 7.42. The van der Waals surface area contributed by atoms with Crippen molar-refractivity contribution in [2.75, 3.05) is 33.0 Å². The molecular formula is C21H35N3O3S. The van der Waals surface area contributed by atoms with E-state index < -0.39 is 9.84 Å². The number of rotatable bonds is 10. The van der Waals surface area contributed by atoms with Gasteiger partial charge in [-0.3, -0.25) is 4.99 Å². The molecule has 0 radical (unpaired) electrons. The Morgan fingerprint density at radius 1 is 1.18 bits per heavy atom. The molecule has 0 aromatic heterocycles. The summed E-state index contributed by atoms with van der Waals surface area (Å²) in [6.45, 7) is 4.41. The summed E-state index contributed by atoms with van der Waals surface area (Å²) in [6.07, 6.45) is 8.59. The number of guanidine groups is 1. The molecule has 1 unspecified atom stereocenters. The number of benzene rings is 1. The summed E-state index contributed by atoms with van der Waals surface area (Å²) in [5.41, 5.74) is 1.09. The minimum atomic E-state index is -3.14. The summed E-state index contributed by atoms with van der Waals surface area (Å²) in [7, 11) is -1.37. The van der Waals surface area contributed by atoms with Crippen LogP contribution in [-0.4, -0.2) is 53.5 Å². The molecule has 0 aliphatic heterocycles. The van der Waals surface area contributed by atoms with Crippen molar-refractivity contribution in [2.45, 2.75) is 56.4 Å². The maximum Gasteiger partial charge on any atom is 0.190 e. The second-order valence-corrected chi connectivity index (χ2v) is 9.43. The summed E-state index contributed by atoms with van der Waals surface area (Å²) >= 11 is 0. The van der Waals surface area contributed by atoms with Crippen molar-refractivity contribution in [1.29, 1.82) is 0 Å². The fourth-order valence-electron chi connectivity index (χ4n) is 3.78. The van der Waals surface area contributed by atoms with E-state index in [1.807, 2.05) is 12.1 Å². The Kier molecular flexibility index (Phi) is 9.25. The van der Waals surface area contributed by atoms with Gasteiger partial charge < -0.3 is 15.4 Å². The first-order valence-corrected chi connectivity index (χ1v) is 12.2. The van der Waals surface area contributed by atoms with Crippen LogP contribution < -0.4 is 10.6 Å². The highest BCUT2D eigenvalue weighted by molar-refractivity contribution is 7.90. The number of aliphatic imine (C=N–C) groups is 1. The Morgan fingerprint density at radius 3 is 2.39 bits per heavy atom. The average molecular weight is 410 g/mol. The van der Waals surface area contributed by atoms with Gasteiger partial charge >= 0.3 is 0 Å². The van der Waals surface area contributed by atoms with Gasteiger partial charge in [-0.15, -0.1) is 0 Å². The van der Waals surface area contributed by atoms with Gasteiger partial charge in [0.05, 0.1) is 11.0 Å². The molecule has 0 heterocycles. The van der Waals surface area contributed by atoms with Crippen LogP contribution in [0.1, 0.15) is 44.6 Å². The summed E-state index contributed by atoms with van der Waals surface area (Å²) in [5.74, 6) is 1.49. The maximum absolute atomic E-state index is 11.5. The SMILES string of the molecule is CCOC(CCNC(=NC)NCCc1ccc(S(C)(=O)=O)cc1)C1CCCC1. The number of hydrogen-bond donors (Lipinski definition) is 2. The summed E-state index contributed by atoms with van der Waals surface area (Å²) in [5, 5.41) is 6.69. The lowest BCUT2D eigenvalue weighted by Crippen LogP contribution is -2.40. The molecule has 0 amide bonds. The van der Waals surface area contributed by atoms with Gasteiger partial charge in [0.25, 0.3) is 0 Å². The number of nitrogens with zero attached hydrogens (tertiary/aromatic N) is 1. The molecule has 0 bridgehead atoms. The Bertz CT molecular complexity index is 711. The summed E-state index contributed by atoms with van der Waals surface area (Å²) < 4.78 is 29.0. The van der Waals surface area contributed by atoms with Crippen molar-refractivity contribution in [1.82, 2.24) is 10.6 Å². The topological polar surface area (TPSA) is 79.8 Å². The lowest BCUT2D eigenvalue weighted by molar-refractivity contribution is 0.0169. The zero-order valence-corrected chi connectivity index (χ0v) is 18.2. The van der Waals surface area contributed by atoms with Gasteiger partial charge in [-0.05, 0) is 56.2 Å². The lowest BCUT2D eigenvalue weighted by atomic mass is 9.98. The molecule has 6 nitrogen and oxygen atoms in total. The van der Waals surface area contributed by atoms with E-state index in [0.717, 1.165) is 44.1 Å². The molecule has 1 aliphatic rings. The molecule has 1 aliphatic carbocycles. The van der Waals surface area contributed by atoms with E-state index in [-0.39, 0.29) is 0 Å². The van der Waals surface area contributed by atoms with Crippen molar-refractivity contribution >= 4 is 15.8 Å². The predicted octanol–water partition coefficient (Wildman–Crippen LogP) is 2.78. The number of ether oxygens (including phenoxy) is 1. The van der Waals surface area contributed by atoms with E-state index in [1.54, 1.807) is 19.2 Å². The van der Waals surface area contributed by atoms with E-state index in [4.69, 9.17) is 4.74 Å². The minimum Gasteiger partial charge on any atom is -0.378 e. The van der Waals surface area contributed by atoms with Gasteiger partial charge in [0, 0.05) is 33.0 Å². The van der Waals surface area contributed by atoms with Gasteiger partial charge in [0.15, 0.2) is 15.8 Å². The Labute approximate surface area is 170 Å². The van der Waals surface area contributed by atoms with Crippen LogP contribution in [0, 0.1) is 5.92 Å². The fourth-order valence-corrected chi connectivity index (χ4v) is 4.41. The third kappa shape index (κ3) is 7.43.